The van der Waals surface area contributed by atoms with Crippen molar-refractivity contribution in [3.8, 4) is 0 Å². The second-order valence-electron chi connectivity index (χ2n) is 8.32. The largest absolute Gasteiger partial charge is 0.460 e. The molecule has 0 aromatic heterocycles. The van der Waals surface area contributed by atoms with Gasteiger partial charge in [-0.3, -0.25) is 9.69 Å². The Morgan fingerprint density at radius 3 is 1.62 bits per heavy atom. The van der Waals surface area contributed by atoms with E-state index < -0.39 is 6.04 Å². The molecule has 4 aromatic rings. The molecule has 1 atom stereocenters. The third-order valence-corrected chi connectivity index (χ3v) is 6.26. The van der Waals surface area contributed by atoms with Gasteiger partial charge in [-0.15, -0.1) is 0 Å². The molecule has 34 heavy (non-hydrogen) atoms. The molecule has 0 aliphatic heterocycles. The SMILES string of the molecule is O=C(OCc1ccccc1)[C@H](Cc1ccc(Br)cc1)N(Cc1ccccc1)Cc1ccccc1. The first-order valence-corrected chi connectivity index (χ1v) is 12.2. The molecule has 0 radical (unpaired) electrons. The van der Waals surface area contributed by atoms with Crippen LogP contribution in [-0.2, 0) is 35.6 Å². The Hall–Kier alpha value is -3.21. The predicted molar refractivity (Wildman–Crippen MR) is 140 cm³/mol. The number of hydrogen-bond donors (Lipinski definition) is 0. The van der Waals surface area contributed by atoms with Crippen molar-refractivity contribution in [3.63, 3.8) is 0 Å². The van der Waals surface area contributed by atoms with Crippen molar-refractivity contribution in [2.45, 2.75) is 32.2 Å². The summed E-state index contributed by atoms with van der Waals surface area (Å²) in [5, 5.41) is 0. The van der Waals surface area contributed by atoms with Gasteiger partial charge in [0.05, 0.1) is 0 Å². The zero-order chi connectivity index (χ0) is 23.6. The van der Waals surface area contributed by atoms with E-state index in [2.05, 4.69) is 57.2 Å². The smallest absolute Gasteiger partial charge is 0.324 e. The van der Waals surface area contributed by atoms with E-state index in [9.17, 15) is 4.79 Å². The number of nitrogens with zero attached hydrogens (tertiary/aromatic N) is 1. The number of rotatable bonds is 10. The molecule has 0 saturated heterocycles. The summed E-state index contributed by atoms with van der Waals surface area (Å²) >= 11 is 3.51. The Kier molecular flexibility index (Phi) is 8.66. The normalized spacial score (nSPS) is 11.8. The van der Waals surface area contributed by atoms with Crippen molar-refractivity contribution in [3.05, 3.63) is 142 Å². The topological polar surface area (TPSA) is 29.5 Å². The molecule has 0 fully saturated rings. The molecule has 0 aliphatic carbocycles. The second kappa shape index (κ2) is 12.3. The van der Waals surface area contributed by atoms with Crippen LogP contribution in [0.4, 0.5) is 0 Å². The maximum atomic E-state index is 13.5. The molecule has 4 heteroatoms. The van der Waals surface area contributed by atoms with E-state index in [0.29, 0.717) is 19.5 Å². The third kappa shape index (κ3) is 7.14. The van der Waals surface area contributed by atoms with Crippen LogP contribution in [0, 0.1) is 0 Å². The van der Waals surface area contributed by atoms with Crippen molar-refractivity contribution in [1.29, 1.82) is 0 Å². The fourth-order valence-electron chi connectivity index (χ4n) is 3.94. The minimum absolute atomic E-state index is 0.210. The van der Waals surface area contributed by atoms with Crippen molar-refractivity contribution in [2.24, 2.45) is 0 Å². The highest BCUT2D eigenvalue weighted by atomic mass is 79.9. The monoisotopic (exact) mass is 513 g/mol. The molecular formula is C30H28BrNO2. The highest BCUT2D eigenvalue weighted by molar-refractivity contribution is 9.10. The molecule has 0 heterocycles. The van der Waals surface area contributed by atoms with Crippen LogP contribution in [0.1, 0.15) is 22.3 Å². The van der Waals surface area contributed by atoms with E-state index in [1.165, 1.54) is 0 Å². The van der Waals surface area contributed by atoms with Gasteiger partial charge in [-0.05, 0) is 40.8 Å². The number of carbonyl (C=O) groups excluding carboxylic acids is 1. The molecule has 4 rings (SSSR count). The zero-order valence-electron chi connectivity index (χ0n) is 19.0. The van der Waals surface area contributed by atoms with E-state index in [-0.39, 0.29) is 12.6 Å². The van der Waals surface area contributed by atoms with Gasteiger partial charge in [0.1, 0.15) is 12.6 Å². The van der Waals surface area contributed by atoms with Crippen LogP contribution in [0.25, 0.3) is 0 Å². The van der Waals surface area contributed by atoms with Crippen LogP contribution >= 0.6 is 15.9 Å². The maximum Gasteiger partial charge on any atom is 0.324 e. The van der Waals surface area contributed by atoms with Crippen LogP contribution < -0.4 is 0 Å². The Bertz CT molecular complexity index is 1110. The molecule has 4 aromatic carbocycles. The standard InChI is InChI=1S/C30H28BrNO2/c31-28-18-16-24(17-19-28)20-29(30(33)34-23-27-14-8-3-9-15-27)32(21-25-10-4-1-5-11-25)22-26-12-6-2-7-13-26/h1-19,29H,20-23H2/t29-/m0/s1. The Morgan fingerprint density at radius 2 is 1.12 bits per heavy atom. The fraction of sp³-hybridized carbons (Fsp3) is 0.167. The predicted octanol–water partition coefficient (Wildman–Crippen LogP) is 6.81. The molecule has 0 spiro atoms. The van der Waals surface area contributed by atoms with Crippen molar-refractivity contribution in [1.82, 2.24) is 4.90 Å². The van der Waals surface area contributed by atoms with Gasteiger partial charge < -0.3 is 4.74 Å². The van der Waals surface area contributed by atoms with Crippen LogP contribution in [0.15, 0.2) is 120 Å². The van der Waals surface area contributed by atoms with Gasteiger partial charge in [-0.1, -0.05) is 119 Å². The van der Waals surface area contributed by atoms with Gasteiger partial charge in [-0.25, -0.2) is 0 Å². The average molecular weight is 514 g/mol. The van der Waals surface area contributed by atoms with Crippen molar-refractivity contribution >= 4 is 21.9 Å². The summed E-state index contributed by atoms with van der Waals surface area (Å²) in [5.74, 6) is -0.210. The molecule has 0 amide bonds. The van der Waals surface area contributed by atoms with Crippen molar-refractivity contribution in [2.75, 3.05) is 0 Å². The Balaban J connectivity index is 1.61. The average Bonchev–Trinajstić information content (AvgIpc) is 2.88. The van der Waals surface area contributed by atoms with Crippen LogP contribution in [0.2, 0.25) is 0 Å². The van der Waals surface area contributed by atoms with Gasteiger partial charge in [0.15, 0.2) is 0 Å². The lowest BCUT2D eigenvalue weighted by atomic mass is 10.0. The third-order valence-electron chi connectivity index (χ3n) is 5.74. The number of carbonyl (C=O) groups is 1. The molecule has 0 N–H and O–H groups in total. The lowest BCUT2D eigenvalue weighted by molar-refractivity contribution is -0.152. The number of esters is 1. The fourth-order valence-corrected chi connectivity index (χ4v) is 4.21. The highest BCUT2D eigenvalue weighted by Crippen LogP contribution is 2.20. The van der Waals surface area contributed by atoms with Crippen LogP contribution in [0.5, 0.6) is 0 Å². The van der Waals surface area contributed by atoms with Crippen LogP contribution in [-0.4, -0.2) is 16.9 Å². The van der Waals surface area contributed by atoms with Gasteiger partial charge in [0.25, 0.3) is 0 Å². The minimum Gasteiger partial charge on any atom is -0.460 e. The number of hydrogen-bond acceptors (Lipinski definition) is 3. The van der Waals surface area contributed by atoms with Crippen LogP contribution in [0.3, 0.4) is 0 Å². The summed E-state index contributed by atoms with van der Waals surface area (Å²) in [6, 6.07) is 38.1. The van der Waals surface area contributed by atoms with E-state index in [1.807, 2.05) is 78.9 Å². The van der Waals surface area contributed by atoms with E-state index in [0.717, 1.165) is 26.7 Å². The van der Waals surface area contributed by atoms with Gasteiger partial charge in [-0.2, -0.15) is 0 Å². The quantitative estimate of drug-likeness (QED) is 0.218. The summed E-state index contributed by atoms with van der Waals surface area (Å²) < 4.78 is 6.87. The lowest BCUT2D eigenvalue weighted by Gasteiger charge is -2.31. The summed E-state index contributed by atoms with van der Waals surface area (Å²) in [4.78, 5) is 15.8. The number of benzene rings is 4. The van der Waals surface area contributed by atoms with E-state index in [1.54, 1.807) is 0 Å². The maximum absolute atomic E-state index is 13.5. The molecule has 0 unspecified atom stereocenters. The first-order chi connectivity index (χ1) is 16.7. The number of halogens is 1. The highest BCUT2D eigenvalue weighted by Gasteiger charge is 2.28. The van der Waals surface area contributed by atoms with Crippen molar-refractivity contribution < 1.29 is 9.53 Å². The van der Waals surface area contributed by atoms with Gasteiger partial charge >= 0.3 is 5.97 Å². The minimum atomic E-state index is -0.426. The number of ether oxygens (including phenoxy) is 1. The summed E-state index contributed by atoms with van der Waals surface area (Å²) in [5.41, 5.74) is 4.40. The molecule has 3 nitrogen and oxygen atoms in total. The van der Waals surface area contributed by atoms with Gasteiger partial charge in [0, 0.05) is 17.6 Å². The molecular weight excluding hydrogens is 486 g/mol. The summed E-state index contributed by atoms with van der Waals surface area (Å²) in [6.45, 7) is 1.57. The summed E-state index contributed by atoms with van der Waals surface area (Å²) in [7, 11) is 0. The van der Waals surface area contributed by atoms with E-state index in [4.69, 9.17) is 4.74 Å². The molecule has 0 bridgehead atoms. The lowest BCUT2D eigenvalue weighted by Crippen LogP contribution is -2.43. The second-order valence-corrected chi connectivity index (χ2v) is 9.23. The molecule has 0 saturated carbocycles. The Labute approximate surface area is 210 Å². The molecule has 0 aliphatic rings. The zero-order valence-corrected chi connectivity index (χ0v) is 20.6. The Morgan fingerprint density at radius 1 is 0.647 bits per heavy atom. The first kappa shape index (κ1) is 23.9. The van der Waals surface area contributed by atoms with Gasteiger partial charge in [0.2, 0.25) is 0 Å². The summed E-state index contributed by atoms with van der Waals surface area (Å²) in [6.07, 6.45) is 0.570. The molecule has 172 valence electrons. The van der Waals surface area contributed by atoms with E-state index >= 15 is 0 Å². The first-order valence-electron chi connectivity index (χ1n) is 11.4.